The Labute approximate surface area is 200 Å². The number of benzene rings is 2. The Bertz CT molecular complexity index is 1150. The van der Waals surface area contributed by atoms with Gasteiger partial charge in [0.2, 0.25) is 5.91 Å². The molecule has 2 aromatic carbocycles. The third-order valence-corrected chi connectivity index (χ3v) is 6.47. The molecule has 0 N–H and O–H groups in total. The molecule has 0 saturated carbocycles. The van der Waals surface area contributed by atoms with Crippen molar-refractivity contribution in [2.75, 3.05) is 52.9 Å². The molecular weight excluding hydrogens is 428 g/mol. The van der Waals surface area contributed by atoms with E-state index < -0.39 is 0 Å². The number of rotatable bonds is 7. The topological polar surface area (TPSA) is 66.0 Å². The number of methoxy groups -OCH3 is 1. The van der Waals surface area contributed by atoms with Crippen LogP contribution in [0.4, 0.5) is 0 Å². The lowest BCUT2D eigenvalue weighted by atomic mass is 10.0. The van der Waals surface area contributed by atoms with Gasteiger partial charge in [-0.1, -0.05) is 18.2 Å². The minimum absolute atomic E-state index is 0.00285. The second-order valence-electron chi connectivity index (χ2n) is 8.44. The predicted octanol–water partition coefficient (Wildman–Crippen LogP) is 3.54. The first-order chi connectivity index (χ1) is 16.5. The maximum Gasteiger partial charge on any atom is 0.254 e. The van der Waals surface area contributed by atoms with E-state index in [1.54, 1.807) is 7.11 Å². The van der Waals surface area contributed by atoms with Crippen LogP contribution in [0.1, 0.15) is 24.2 Å². The van der Waals surface area contributed by atoms with E-state index in [2.05, 4.69) is 4.90 Å². The summed E-state index contributed by atoms with van der Waals surface area (Å²) in [6, 6.07) is 17.4. The maximum absolute atomic E-state index is 13.6. The fraction of sp³-hybridized carbons (Fsp3) is 0.370. The van der Waals surface area contributed by atoms with E-state index in [4.69, 9.17) is 9.72 Å². The molecule has 1 saturated heterocycles. The van der Waals surface area contributed by atoms with Crippen molar-refractivity contribution >= 4 is 22.7 Å². The number of fused-ring (bicyclic) bond motifs is 1. The van der Waals surface area contributed by atoms with Gasteiger partial charge in [0.05, 0.1) is 30.4 Å². The van der Waals surface area contributed by atoms with Crippen molar-refractivity contribution in [2.45, 2.75) is 13.8 Å². The molecule has 0 radical (unpaired) electrons. The largest absolute Gasteiger partial charge is 0.497 e. The zero-order valence-corrected chi connectivity index (χ0v) is 20.2. The minimum atomic E-state index is 0.00285. The van der Waals surface area contributed by atoms with Crippen LogP contribution >= 0.6 is 0 Å². The number of amides is 2. The van der Waals surface area contributed by atoms with E-state index in [0.717, 1.165) is 41.0 Å². The monoisotopic (exact) mass is 460 g/mol. The molecule has 0 spiro atoms. The Morgan fingerprint density at radius 1 is 0.971 bits per heavy atom. The average molecular weight is 461 g/mol. The highest BCUT2D eigenvalue weighted by Gasteiger charge is 2.26. The fourth-order valence-electron chi connectivity index (χ4n) is 4.41. The lowest BCUT2D eigenvalue weighted by Gasteiger charge is -2.35. The lowest BCUT2D eigenvalue weighted by molar-refractivity contribution is -0.132. The van der Waals surface area contributed by atoms with Crippen molar-refractivity contribution in [3.63, 3.8) is 0 Å². The highest BCUT2D eigenvalue weighted by Crippen LogP contribution is 2.27. The van der Waals surface area contributed by atoms with Gasteiger partial charge in [0.1, 0.15) is 5.75 Å². The van der Waals surface area contributed by atoms with Crippen LogP contribution in [0.5, 0.6) is 5.75 Å². The molecule has 1 aromatic heterocycles. The van der Waals surface area contributed by atoms with Crippen molar-refractivity contribution in [1.29, 1.82) is 0 Å². The zero-order valence-electron chi connectivity index (χ0n) is 20.2. The van der Waals surface area contributed by atoms with Gasteiger partial charge in [-0.3, -0.25) is 14.5 Å². The van der Waals surface area contributed by atoms with E-state index in [0.29, 0.717) is 38.3 Å². The van der Waals surface area contributed by atoms with Crippen LogP contribution in [-0.4, -0.2) is 84.4 Å². The molecule has 7 nitrogen and oxygen atoms in total. The summed E-state index contributed by atoms with van der Waals surface area (Å²) in [5.74, 6) is 0.926. The Kier molecular flexibility index (Phi) is 7.43. The molecule has 178 valence electrons. The number of hydrogen-bond donors (Lipinski definition) is 0. The Hall–Kier alpha value is -3.45. The van der Waals surface area contributed by atoms with Crippen molar-refractivity contribution < 1.29 is 14.3 Å². The van der Waals surface area contributed by atoms with Gasteiger partial charge in [-0.25, -0.2) is 4.98 Å². The van der Waals surface area contributed by atoms with Crippen molar-refractivity contribution in [1.82, 2.24) is 19.7 Å². The van der Waals surface area contributed by atoms with Crippen LogP contribution in [0.15, 0.2) is 54.6 Å². The summed E-state index contributed by atoms with van der Waals surface area (Å²) >= 11 is 0. The summed E-state index contributed by atoms with van der Waals surface area (Å²) in [6.45, 7) is 8.41. The Morgan fingerprint density at radius 2 is 1.65 bits per heavy atom. The van der Waals surface area contributed by atoms with Gasteiger partial charge in [-0.05, 0) is 50.2 Å². The number of carbonyl (C=O) groups is 2. The van der Waals surface area contributed by atoms with Gasteiger partial charge in [-0.15, -0.1) is 0 Å². The number of likely N-dealkylation sites (N-methyl/N-ethyl adjacent to an activating group) is 1. The Balaban J connectivity index is 1.54. The number of hydrogen-bond acceptors (Lipinski definition) is 5. The molecular formula is C27H32N4O3. The van der Waals surface area contributed by atoms with Crippen LogP contribution in [0.2, 0.25) is 0 Å². The first kappa shape index (κ1) is 23.7. The van der Waals surface area contributed by atoms with Crippen LogP contribution in [0.25, 0.3) is 22.2 Å². The summed E-state index contributed by atoms with van der Waals surface area (Å²) in [7, 11) is 1.64. The minimum Gasteiger partial charge on any atom is -0.497 e. The van der Waals surface area contributed by atoms with Crippen LogP contribution < -0.4 is 4.74 Å². The van der Waals surface area contributed by atoms with Crippen LogP contribution in [0.3, 0.4) is 0 Å². The molecule has 4 rings (SSSR count). The van der Waals surface area contributed by atoms with Crippen molar-refractivity contribution in [3.05, 3.63) is 60.2 Å². The van der Waals surface area contributed by atoms with E-state index in [9.17, 15) is 9.59 Å². The van der Waals surface area contributed by atoms with Gasteiger partial charge in [0.25, 0.3) is 5.91 Å². The molecule has 2 heterocycles. The van der Waals surface area contributed by atoms with E-state index >= 15 is 0 Å². The average Bonchev–Trinajstić information content (AvgIpc) is 2.89. The second kappa shape index (κ2) is 10.7. The number of para-hydroxylation sites is 1. The normalized spacial score (nSPS) is 14.3. The first-order valence-corrected chi connectivity index (χ1v) is 11.9. The van der Waals surface area contributed by atoms with Crippen LogP contribution in [-0.2, 0) is 4.79 Å². The fourth-order valence-corrected chi connectivity index (χ4v) is 4.41. The number of aromatic nitrogens is 1. The number of pyridine rings is 1. The second-order valence-corrected chi connectivity index (χ2v) is 8.44. The molecule has 34 heavy (non-hydrogen) atoms. The van der Waals surface area contributed by atoms with Gasteiger partial charge in [-0.2, -0.15) is 0 Å². The number of piperazine rings is 1. The molecule has 0 atom stereocenters. The molecule has 3 aromatic rings. The number of carbonyl (C=O) groups excluding carboxylic acids is 2. The molecule has 1 aliphatic rings. The van der Waals surface area contributed by atoms with Crippen LogP contribution in [0, 0.1) is 0 Å². The highest BCUT2D eigenvalue weighted by molar-refractivity contribution is 6.07. The summed E-state index contributed by atoms with van der Waals surface area (Å²) in [6.07, 6.45) is 0. The van der Waals surface area contributed by atoms with Gasteiger partial charge in [0, 0.05) is 50.2 Å². The van der Waals surface area contributed by atoms with E-state index in [1.807, 2.05) is 78.2 Å². The van der Waals surface area contributed by atoms with E-state index in [-0.39, 0.29) is 11.8 Å². The summed E-state index contributed by atoms with van der Waals surface area (Å²) in [5, 5.41) is 0.851. The van der Waals surface area contributed by atoms with Gasteiger partial charge in [0.15, 0.2) is 0 Å². The number of ether oxygens (including phenoxy) is 1. The predicted molar refractivity (Wildman–Crippen MR) is 134 cm³/mol. The van der Waals surface area contributed by atoms with Crippen molar-refractivity contribution in [2.24, 2.45) is 0 Å². The molecule has 7 heteroatoms. The Morgan fingerprint density at radius 3 is 2.29 bits per heavy atom. The molecule has 2 amide bonds. The summed E-state index contributed by atoms with van der Waals surface area (Å²) < 4.78 is 5.27. The first-order valence-electron chi connectivity index (χ1n) is 11.9. The van der Waals surface area contributed by atoms with E-state index in [1.165, 1.54) is 0 Å². The molecule has 0 unspecified atom stereocenters. The SMILES string of the molecule is CCN(CC)C(=O)CN1CCN(C(=O)c2cc(-c3ccc(OC)cc3)nc3ccccc23)CC1. The standard InChI is InChI=1S/C27H32N4O3/c1-4-30(5-2)26(32)19-29-14-16-31(17-15-29)27(33)23-18-25(20-10-12-21(34-3)13-11-20)28-24-9-7-6-8-22(23)24/h6-13,18H,4-5,14-17,19H2,1-3H3. The van der Waals surface area contributed by atoms with Gasteiger partial charge >= 0.3 is 0 Å². The molecule has 1 fully saturated rings. The molecule has 1 aliphatic heterocycles. The lowest BCUT2D eigenvalue weighted by Crippen LogP contribution is -2.51. The maximum atomic E-state index is 13.6. The quantitative estimate of drug-likeness (QED) is 0.540. The van der Waals surface area contributed by atoms with Gasteiger partial charge < -0.3 is 14.5 Å². The smallest absolute Gasteiger partial charge is 0.254 e. The van der Waals surface area contributed by atoms with Crippen molar-refractivity contribution in [3.8, 4) is 17.0 Å². The summed E-state index contributed by atoms with van der Waals surface area (Å²) in [4.78, 5) is 36.7. The summed E-state index contributed by atoms with van der Waals surface area (Å²) in [5.41, 5.74) is 3.14. The highest BCUT2D eigenvalue weighted by atomic mass is 16.5. The zero-order chi connectivity index (χ0) is 24.1. The molecule has 0 bridgehead atoms. The third-order valence-electron chi connectivity index (χ3n) is 6.47. The third kappa shape index (κ3) is 5.04. The molecule has 0 aliphatic carbocycles. The number of nitrogens with zero attached hydrogens (tertiary/aromatic N) is 4.